The van der Waals surface area contributed by atoms with Crippen molar-refractivity contribution < 1.29 is 9.53 Å². The minimum absolute atomic E-state index is 0.151. The molecule has 1 heterocycles. The van der Waals surface area contributed by atoms with E-state index in [1.807, 2.05) is 0 Å². The smallest absolute Gasteiger partial charge is 0.323 e. The van der Waals surface area contributed by atoms with Gasteiger partial charge in [-0.15, -0.1) is 0 Å². The zero-order valence-corrected chi connectivity index (χ0v) is 7.15. The number of nitrogens with zero attached hydrogens (tertiary/aromatic N) is 2. The Bertz CT molecular complexity index is 264. The molecule has 0 aliphatic carbocycles. The fourth-order valence-corrected chi connectivity index (χ4v) is 0.647. The van der Waals surface area contributed by atoms with Crippen molar-refractivity contribution in [1.82, 2.24) is 15.3 Å². The predicted molar refractivity (Wildman–Crippen MR) is 46.1 cm³/mol. The molecule has 1 rings (SSSR count). The summed E-state index contributed by atoms with van der Waals surface area (Å²) in [5.41, 5.74) is 0. The highest BCUT2D eigenvalue weighted by atomic mass is 16.5. The van der Waals surface area contributed by atoms with Crippen molar-refractivity contribution in [3.63, 3.8) is 0 Å². The van der Waals surface area contributed by atoms with E-state index in [4.69, 9.17) is 0 Å². The molecule has 6 heteroatoms. The summed E-state index contributed by atoms with van der Waals surface area (Å²) in [6.45, 7) is 0.151. The van der Waals surface area contributed by atoms with Gasteiger partial charge in [0.1, 0.15) is 6.73 Å². The Morgan fingerprint density at radius 1 is 1.54 bits per heavy atom. The molecule has 13 heavy (non-hydrogen) atoms. The molecule has 0 radical (unpaired) electrons. The summed E-state index contributed by atoms with van der Waals surface area (Å²) >= 11 is 0. The van der Waals surface area contributed by atoms with Gasteiger partial charge in [-0.1, -0.05) is 0 Å². The van der Waals surface area contributed by atoms with Crippen LogP contribution in [0, 0.1) is 0 Å². The number of carbonyl (C=O) groups is 1. The molecule has 0 fully saturated rings. The van der Waals surface area contributed by atoms with Gasteiger partial charge in [0.15, 0.2) is 0 Å². The summed E-state index contributed by atoms with van der Waals surface area (Å²) in [5.74, 6) is 0.260. The van der Waals surface area contributed by atoms with Gasteiger partial charge in [0.05, 0.1) is 0 Å². The number of nitrogens with one attached hydrogen (secondary N) is 2. The van der Waals surface area contributed by atoms with Crippen LogP contribution in [0.25, 0.3) is 0 Å². The fourth-order valence-electron chi connectivity index (χ4n) is 0.647. The van der Waals surface area contributed by atoms with Crippen molar-refractivity contribution in [2.24, 2.45) is 0 Å². The first kappa shape index (κ1) is 9.40. The Labute approximate surface area is 75.3 Å². The van der Waals surface area contributed by atoms with E-state index in [9.17, 15) is 4.79 Å². The van der Waals surface area contributed by atoms with Crippen LogP contribution in [0.4, 0.5) is 10.7 Å². The van der Waals surface area contributed by atoms with Crippen molar-refractivity contribution in [3.8, 4) is 0 Å². The number of amides is 2. The lowest BCUT2D eigenvalue weighted by molar-refractivity contribution is 0.177. The van der Waals surface area contributed by atoms with Crippen LogP contribution in [-0.2, 0) is 4.74 Å². The Kier molecular flexibility index (Phi) is 3.65. The van der Waals surface area contributed by atoms with Gasteiger partial charge in [-0.3, -0.25) is 5.32 Å². The first-order valence-corrected chi connectivity index (χ1v) is 3.63. The standard InChI is InChI=1S/C7H10N4O2/c1-13-5-10-7(12)11-6-8-3-2-4-9-6/h2-4H,5H2,1H3,(H2,8,9,10,11,12). The highest BCUT2D eigenvalue weighted by Gasteiger charge is 2.00. The van der Waals surface area contributed by atoms with Crippen LogP contribution in [0.2, 0.25) is 0 Å². The monoisotopic (exact) mass is 182 g/mol. The van der Waals surface area contributed by atoms with E-state index in [1.54, 1.807) is 18.5 Å². The number of carbonyl (C=O) groups excluding carboxylic acids is 1. The highest BCUT2D eigenvalue weighted by Crippen LogP contribution is 1.92. The molecule has 2 amide bonds. The maximum atomic E-state index is 11.0. The van der Waals surface area contributed by atoms with Gasteiger partial charge in [0, 0.05) is 19.5 Å². The molecule has 0 unspecified atom stereocenters. The van der Waals surface area contributed by atoms with Crippen LogP contribution in [-0.4, -0.2) is 29.8 Å². The Morgan fingerprint density at radius 2 is 2.23 bits per heavy atom. The summed E-state index contributed by atoms with van der Waals surface area (Å²) < 4.78 is 4.64. The minimum Gasteiger partial charge on any atom is -0.364 e. The second kappa shape index (κ2) is 5.04. The topological polar surface area (TPSA) is 76.1 Å². The molecule has 0 saturated heterocycles. The number of urea groups is 1. The quantitative estimate of drug-likeness (QED) is 0.655. The van der Waals surface area contributed by atoms with Crippen LogP contribution in [0.1, 0.15) is 0 Å². The van der Waals surface area contributed by atoms with Crippen LogP contribution in [0.15, 0.2) is 18.5 Å². The summed E-state index contributed by atoms with van der Waals surface area (Å²) in [5, 5.41) is 4.85. The van der Waals surface area contributed by atoms with Gasteiger partial charge >= 0.3 is 6.03 Å². The summed E-state index contributed by atoms with van der Waals surface area (Å²) in [7, 11) is 1.49. The Hall–Kier alpha value is -1.69. The lowest BCUT2D eigenvalue weighted by Crippen LogP contribution is -2.30. The molecule has 70 valence electrons. The molecular weight excluding hydrogens is 172 g/mol. The first-order chi connectivity index (χ1) is 6.33. The van der Waals surface area contributed by atoms with Crippen LogP contribution >= 0.6 is 0 Å². The Balaban J connectivity index is 2.37. The van der Waals surface area contributed by atoms with Gasteiger partial charge in [-0.25, -0.2) is 14.8 Å². The maximum absolute atomic E-state index is 11.0. The SMILES string of the molecule is COCNC(=O)Nc1ncccn1. The molecule has 1 aromatic heterocycles. The molecule has 0 spiro atoms. The van der Waals surface area contributed by atoms with E-state index >= 15 is 0 Å². The number of anilines is 1. The van der Waals surface area contributed by atoms with Crippen molar-refractivity contribution >= 4 is 12.0 Å². The van der Waals surface area contributed by atoms with Crippen molar-refractivity contribution in [2.75, 3.05) is 19.2 Å². The third-order valence-corrected chi connectivity index (χ3v) is 1.17. The number of methoxy groups -OCH3 is 1. The summed E-state index contributed by atoms with van der Waals surface area (Å²) in [6, 6.07) is 1.27. The molecule has 0 aliphatic rings. The Morgan fingerprint density at radius 3 is 2.85 bits per heavy atom. The molecule has 0 saturated carbocycles. The molecule has 0 atom stereocenters. The van der Waals surface area contributed by atoms with Gasteiger partial charge in [0.25, 0.3) is 0 Å². The third kappa shape index (κ3) is 3.48. The van der Waals surface area contributed by atoms with E-state index in [-0.39, 0.29) is 12.7 Å². The van der Waals surface area contributed by atoms with Crippen molar-refractivity contribution in [2.45, 2.75) is 0 Å². The predicted octanol–water partition coefficient (Wildman–Crippen LogP) is 0.202. The lowest BCUT2D eigenvalue weighted by Gasteiger charge is -2.03. The van der Waals surface area contributed by atoms with E-state index in [2.05, 4.69) is 25.3 Å². The molecule has 0 bridgehead atoms. The largest absolute Gasteiger partial charge is 0.364 e. The number of aromatic nitrogens is 2. The van der Waals surface area contributed by atoms with Crippen molar-refractivity contribution in [3.05, 3.63) is 18.5 Å². The minimum atomic E-state index is -0.395. The molecule has 0 aliphatic heterocycles. The first-order valence-electron chi connectivity index (χ1n) is 3.63. The number of hydrogen-bond donors (Lipinski definition) is 2. The molecular formula is C7H10N4O2. The van der Waals surface area contributed by atoms with Crippen molar-refractivity contribution in [1.29, 1.82) is 0 Å². The molecule has 2 N–H and O–H groups in total. The van der Waals surface area contributed by atoms with Gasteiger partial charge in [-0.05, 0) is 6.07 Å². The zero-order chi connectivity index (χ0) is 9.52. The van der Waals surface area contributed by atoms with E-state index in [0.717, 1.165) is 0 Å². The zero-order valence-electron chi connectivity index (χ0n) is 7.15. The second-order valence-corrected chi connectivity index (χ2v) is 2.14. The average Bonchev–Trinajstić information content (AvgIpc) is 2.16. The van der Waals surface area contributed by atoms with Gasteiger partial charge in [-0.2, -0.15) is 0 Å². The van der Waals surface area contributed by atoms with Crippen LogP contribution in [0.5, 0.6) is 0 Å². The van der Waals surface area contributed by atoms with E-state index < -0.39 is 6.03 Å². The number of hydrogen-bond acceptors (Lipinski definition) is 4. The molecule has 6 nitrogen and oxygen atoms in total. The highest BCUT2D eigenvalue weighted by molar-refractivity contribution is 5.87. The van der Waals surface area contributed by atoms with E-state index in [0.29, 0.717) is 0 Å². The van der Waals surface area contributed by atoms with Gasteiger partial charge in [0.2, 0.25) is 5.95 Å². The number of rotatable bonds is 3. The van der Waals surface area contributed by atoms with Crippen LogP contribution in [0.3, 0.4) is 0 Å². The van der Waals surface area contributed by atoms with E-state index in [1.165, 1.54) is 7.11 Å². The maximum Gasteiger partial charge on any atom is 0.323 e. The van der Waals surface area contributed by atoms with Gasteiger partial charge < -0.3 is 10.1 Å². The van der Waals surface area contributed by atoms with Crippen LogP contribution < -0.4 is 10.6 Å². The fraction of sp³-hybridized carbons (Fsp3) is 0.286. The lowest BCUT2D eigenvalue weighted by atomic mass is 10.7. The summed E-state index contributed by atoms with van der Waals surface area (Å²) in [4.78, 5) is 18.6. The molecule has 1 aromatic rings. The number of ether oxygens (including phenoxy) is 1. The average molecular weight is 182 g/mol. The second-order valence-electron chi connectivity index (χ2n) is 2.14. The third-order valence-electron chi connectivity index (χ3n) is 1.17. The molecule has 0 aromatic carbocycles. The normalized spacial score (nSPS) is 9.31. The summed E-state index contributed by atoms with van der Waals surface area (Å²) in [6.07, 6.45) is 3.08.